The molecule has 0 aliphatic carbocycles. The first-order chi connectivity index (χ1) is 20.3. The Morgan fingerprint density at radius 3 is 2.34 bits per heavy atom. The molecule has 0 saturated carbocycles. The average molecular weight is 527 g/mol. The maximum atomic E-state index is 6.43. The van der Waals surface area contributed by atoms with Crippen molar-refractivity contribution in [2.24, 2.45) is 0 Å². The van der Waals surface area contributed by atoms with Gasteiger partial charge in [-0.3, -0.25) is 8.97 Å². The van der Waals surface area contributed by atoms with Crippen LogP contribution in [0.2, 0.25) is 0 Å². The van der Waals surface area contributed by atoms with E-state index >= 15 is 0 Å². The molecule has 5 nitrogen and oxygen atoms in total. The van der Waals surface area contributed by atoms with E-state index in [4.69, 9.17) is 14.4 Å². The third-order valence-electron chi connectivity index (χ3n) is 7.99. The van der Waals surface area contributed by atoms with Crippen molar-refractivity contribution >= 4 is 49.7 Å². The number of pyridine rings is 1. The number of aromatic nitrogens is 4. The monoisotopic (exact) mass is 526 g/mol. The van der Waals surface area contributed by atoms with Gasteiger partial charge in [0, 0.05) is 28.2 Å². The number of benzene rings is 5. The predicted molar refractivity (Wildman–Crippen MR) is 165 cm³/mol. The summed E-state index contributed by atoms with van der Waals surface area (Å²) in [6.45, 7) is 0. The summed E-state index contributed by atoms with van der Waals surface area (Å²) in [7, 11) is 0. The van der Waals surface area contributed by atoms with E-state index < -0.39 is 0 Å². The Morgan fingerprint density at radius 1 is 0.585 bits per heavy atom. The van der Waals surface area contributed by atoms with Crippen molar-refractivity contribution in [3.8, 4) is 27.9 Å². The molecule has 0 saturated heterocycles. The topological polar surface area (TPSA) is 48.3 Å². The summed E-state index contributed by atoms with van der Waals surface area (Å²) in [5, 5.41) is 2.24. The molecule has 0 aliphatic heterocycles. The molecule has 0 radical (unpaired) electrons. The lowest BCUT2D eigenvalue weighted by Gasteiger charge is -2.13. The Morgan fingerprint density at radius 2 is 1.39 bits per heavy atom. The zero-order valence-electron chi connectivity index (χ0n) is 21.9. The molecule has 41 heavy (non-hydrogen) atoms. The van der Waals surface area contributed by atoms with Crippen LogP contribution >= 0.6 is 0 Å². The fourth-order valence-electron chi connectivity index (χ4n) is 6.05. The van der Waals surface area contributed by atoms with Crippen LogP contribution in [0.4, 0.5) is 0 Å². The Bertz CT molecular complexity index is 2430. The first kappa shape index (κ1) is 22.2. The highest BCUT2D eigenvalue weighted by atomic mass is 16.3. The molecule has 0 fully saturated rings. The summed E-state index contributed by atoms with van der Waals surface area (Å²) in [5.74, 6) is 0. The van der Waals surface area contributed by atoms with Crippen LogP contribution in [0.15, 0.2) is 138 Å². The summed E-state index contributed by atoms with van der Waals surface area (Å²) in [6.07, 6.45) is 3.95. The van der Waals surface area contributed by atoms with E-state index in [0.717, 1.165) is 77.6 Å². The normalized spacial score (nSPS) is 11.9. The van der Waals surface area contributed by atoms with Crippen molar-refractivity contribution in [3.05, 3.63) is 134 Å². The third kappa shape index (κ3) is 3.36. The first-order valence-corrected chi connectivity index (χ1v) is 13.7. The van der Waals surface area contributed by atoms with Gasteiger partial charge < -0.3 is 4.42 Å². The highest BCUT2D eigenvalue weighted by Gasteiger charge is 2.16. The molecular formula is C36H22N4O. The molecule has 9 aromatic rings. The molecule has 9 rings (SSSR count). The van der Waals surface area contributed by atoms with Gasteiger partial charge in [-0.15, -0.1) is 0 Å². The molecule has 4 heterocycles. The lowest BCUT2D eigenvalue weighted by Crippen LogP contribution is -1.95. The van der Waals surface area contributed by atoms with Crippen LogP contribution in [-0.4, -0.2) is 18.9 Å². The number of imidazole rings is 2. The van der Waals surface area contributed by atoms with E-state index in [2.05, 4.69) is 93.9 Å². The number of furan rings is 1. The quantitative estimate of drug-likeness (QED) is 0.231. The molecular weight excluding hydrogens is 504 g/mol. The van der Waals surface area contributed by atoms with E-state index in [1.807, 2.05) is 48.9 Å². The fraction of sp³-hybridized carbons (Fsp3) is 0. The van der Waals surface area contributed by atoms with Crippen molar-refractivity contribution in [1.82, 2.24) is 18.9 Å². The summed E-state index contributed by atoms with van der Waals surface area (Å²) in [4.78, 5) is 9.69. The standard InChI is InChI=1S/C36H22N4O/c1-2-9-23(10-3-1)24-17-25(27-12-8-13-29-28-11-4-5-14-34(28)41-36(27)29)19-26(18-24)40-22-37-30-20-33-31(21-32(30)40)38-35-15-6-7-16-39(33)35/h1-22H. The van der Waals surface area contributed by atoms with Gasteiger partial charge in [0.15, 0.2) is 0 Å². The van der Waals surface area contributed by atoms with Crippen molar-refractivity contribution in [1.29, 1.82) is 0 Å². The summed E-state index contributed by atoms with van der Waals surface area (Å²) < 4.78 is 10.7. The molecule has 0 unspecified atom stereocenters. The van der Waals surface area contributed by atoms with Crippen LogP contribution in [0.3, 0.4) is 0 Å². The molecule has 5 heteroatoms. The van der Waals surface area contributed by atoms with E-state index in [-0.39, 0.29) is 0 Å². The Labute approximate surface area is 234 Å². The number of hydrogen-bond donors (Lipinski definition) is 0. The molecule has 4 aromatic heterocycles. The predicted octanol–water partition coefficient (Wildman–Crippen LogP) is 9.06. The van der Waals surface area contributed by atoms with Gasteiger partial charge in [0.1, 0.15) is 23.1 Å². The van der Waals surface area contributed by atoms with Gasteiger partial charge in [0.05, 0.1) is 22.1 Å². The van der Waals surface area contributed by atoms with E-state index in [1.165, 1.54) is 0 Å². The van der Waals surface area contributed by atoms with Gasteiger partial charge in [-0.2, -0.15) is 0 Å². The minimum absolute atomic E-state index is 0.895. The minimum atomic E-state index is 0.895. The van der Waals surface area contributed by atoms with Crippen molar-refractivity contribution < 1.29 is 4.42 Å². The maximum Gasteiger partial charge on any atom is 0.143 e. The molecule has 0 amide bonds. The minimum Gasteiger partial charge on any atom is -0.455 e. The highest BCUT2D eigenvalue weighted by molar-refractivity contribution is 6.09. The van der Waals surface area contributed by atoms with Gasteiger partial charge in [0.2, 0.25) is 0 Å². The molecule has 0 bridgehead atoms. The Hall–Kier alpha value is -5.68. The summed E-state index contributed by atoms with van der Waals surface area (Å²) in [5.41, 5.74) is 12.1. The molecule has 0 spiro atoms. The maximum absolute atomic E-state index is 6.43. The molecule has 192 valence electrons. The van der Waals surface area contributed by atoms with Crippen LogP contribution in [0.25, 0.3) is 77.6 Å². The van der Waals surface area contributed by atoms with Gasteiger partial charge in [-0.05, 0) is 65.2 Å². The summed E-state index contributed by atoms with van der Waals surface area (Å²) >= 11 is 0. The van der Waals surface area contributed by atoms with Crippen LogP contribution in [0.5, 0.6) is 0 Å². The second-order valence-electron chi connectivity index (χ2n) is 10.4. The summed E-state index contributed by atoms with van der Waals surface area (Å²) in [6, 6.07) is 42.1. The van der Waals surface area contributed by atoms with Crippen LogP contribution in [-0.2, 0) is 0 Å². The smallest absolute Gasteiger partial charge is 0.143 e. The molecule has 5 aromatic carbocycles. The van der Waals surface area contributed by atoms with Crippen LogP contribution in [0, 0.1) is 0 Å². The zero-order valence-corrected chi connectivity index (χ0v) is 21.9. The van der Waals surface area contributed by atoms with E-state index in [1.54, 1.807) is 0 Å². The average Bonchev–Trinajstić information content (AvgIpc) is 3.73. The van der Waals surface area contributed by atoms with Crippen molar-refractivity contribution in [2.75, 3.05) is 0 Å². The zero-order chi connectivity index (χ0) is 26.9. The Balaban J connectivity index is 1.30. The second kappa shape index (κ2) is 8.41. The lowest BCUT2D eigenvalue weighted by atomic mass is 9.96. The van der Waals surface area contributed by atoms with E-state index in [0.29, 0.717) is 0 Å². The van der Waals surface area contributed by atoms with Crippen LogP contribution in [0.1, 0.15) is 0 Å². The van der Waals surface area contributed by atoms with Crippen molar-refractivity contribution in [3.63, 3.8) is 0 Å². The third-order valence-corrected chi connectivity index (χ3v) is 7.99. The van der Waals surface area contributed by atoms with Gasteiger partial charge in [0.25, 0.3) is 0 Å². The number of hydrogen-bond acceptors (Lipinski definition) is 3. The van der Waals surface area contributed by atoms with Crippen molar-refractivity contribution in [2.45, 2.75) is 0 Å². The molecule has 0 aliphatic rings. The number of rotatable bonds is 3. The first-order valence-electron chi connectivity index (χ1n) is 13.7. The second-order valence-corrected chi connectivity index (χ2v) is 10.4. The van der Waals surface area contributed by atoms with Gasteiger partial charge >= 0.3 is 0 Å². The van der Waals surface area contributed by atoms with Gasteiger partial charge in [-0.25, -0.2) is 9.97 Å². The molecule has 0 atom stereocenters. The SMILES string of the molecule is c1ccc(-c2cc(-c3cccc4c3oc3ccccc34)cc(-n3cnc4cc5c(cc43)nc3ccccn35)c2)cc1. The number of para-hydroxylation sites is 2. The van der Waals surface area contributed by atoms with Gasteiger partial charge in [-0.1, -0.05) is 72.8 Å². The number of nitrogens with zero attached hydrogens (tertiary/aromatic N) is 4. The van der Waals surface area contributed by atoms with Crippen LogP contribution < -0.4 is 0 Å². The number of fused-ring (bicyclic) bond motifs is 7. The molecule has 0 N–H and O–H groups in total. The Kier molecular flexibility index (Phi) is 4.55. The highest BCUT2D eigenvalue weighted by Crippen LogP contribution is 2.38. The van der Waals surface area contributed by atoms with E-state index in [9.17, 15) is 0 Å². The largest absolute Gasteiger partial charge is 0.455 e. The fourth-order valence-corrected chi connectivity index (χ4v) is 6.05. The lowest BCUT2D eigenvalue weighted by molar-refractivity contribution is 0.670.